The molecule has 27 heavy (non-hydrogen) atoms. The van der Waals surface area contributed by atoms with Crippen LogP contribution in [0.4, 0.5) is 13.2 Å². The lowest BCUT2D eigenvalue weighted by atomic mass is 9.92. The van der Waals surface area contributed by atoms with Gasteiger partial charge in [0.2, 0.25) is 5.91 Å². The molecular weight excluding hydrogens is 381 g/mol. The Hall–Kier alpha value is -2.54. The smallest absolute Gasteiger partial charge is 0.345 e. The molecule has 1 heterocycles. The number of hydrogen-bond donors (Lipinski definition) is 1. The molecule has 0 saturated carbocycles. The largest absolute Gasteiger partial charge is 0.405 e. The van der Waals surface area contributed by atoms with Crippen LogP contribution in [0.3, 0.4) is 0 Å². The normalized spacial score (nSPS) is 16.6. The summed E-state index contributed by atoms with van der Waals surface area (Å²) in [5, 5.41) is 2.10. The average molecular weight is 397 g/mol. The van der Waals surface area contributed by atoms with E-state index in [1.165, 1.54) is 11.0 Å². The second-order valence-corrected chi connectivity index (χ2v) is 6.64. The van der Waals surface area contributed by atoms with Gasteiger partial charge in [-0.05, 0) is 23.3 Å². The molecule has 0 radical (unpaired) electrons. The molecule has 0 aliphatic carbocycles. The van der Waals surface area contributed by atoms with Crippen molar-refractivity contribution in [2.45, 2.75) is 25.2 Å². The summed E-state index contributed by atoms with van der Waals surface area (Å²) >= 11 is 6.09. The zero-order valence-electron chi connectivity index (χ0n) is 14.1. The maximum atomic E-state index is 13.0. The monoisotopic (exact) mass is 396 g/mol. The molecule has 0 aromatic heterocycles. The third-order valence-corrected chi connectivity index (χ3v) is 4.71. The summed E-state index contributed by atoms with van der Waals surface area (Å²) in [5.74, 6) is -1.34. The van der Waals surface area contributed by atoms with Gasteiger partial charge in [0.05, 0.1) is 10.6 Å². The van der Waals surface area contributed by atoms with E-state index >= 15 is 0 Å². The number of rotatable bonds is 3. The minimum absolute atomic E-state index is 0.115. The maximum Gasteiger partial charge on any atom is 0.405 e. The number of amides is 2. The summed E-state index contributed by atoms with van der Waals surface area (Å²) in [6.45, 7) is -1.33. The molecule has 0 fully saturated rings. The van der Waals surface area contributed by atoms with Gasteiger partial charge in [-0.15, -0.1) is 0 Å². The van der Waals surface area contributed by atoms with E-state index in [1.54, 1.807) is 36.4 Å². The summed E-state index contributed by atoms with van der Waals surface area (Å²) < 4.78 is 37.4. The van der Waals surface area contributed by atoms with Crippen LogP contribution in [0.25, 0.3) is 0 Å². The van der Waals surface area contributed by atoms with Gasteiger partial charge in [-0.3, -0.25) is 9.59 Å². The maximum absolute atomic E-state index is 13.0. The quantitative estimate of drug-likeness (QED) is 0.862. The van der Waals surface area contributed by atoms with Crippen LogP contribution in [0.2, 0.25) is 5.02 Å². The van der Waals surface area contributed by atoms with Crippen molar-refractivity contribution in [2.24, 2.45) is 0 Å². The molecule has 0 unspecified atom stereocenters. The highest BCUT2D eigenvalue weighted by atomic mass is 35.5. The van der Waals surface area contributed by atoms with Gasteiger partial charge in [0.25, 0.3) is 5.91 Å². The average Bonchev–Trinajstić information content (AvgIpc) is 2.64. The van der Waals surface area contributed by atoms with Crippen LogP contribution >= 0.6 is 11.6 Å². The van der Waals surface area contributed by atoms with Crippen molar-refractivity contribution < 1.29 is 22.8 Å². The molecule has 0 bridgehead atoms. The minimum atomic E-state index is -4.53. The zero-order valence-corrected chi connectivity index (χ0v) is 14.8. The lowest BCUT2D eigenvalue weighted by Crippen LogP contribution is -2.53. The SMILES string of the molecule is O=C(NCC(F)(F)F)[C@H]1Cc2ccccc2CN1C(=O)c1ccccc1Cl. The number of alkyl halides is 3. The van der Waals surface area contributed by atoms with E-state index in [0.29, 0.717) is 0 Å². The number of nitrogens with one attached hydrogen (secondary N) is 1. The third kappa shape index (κ3) is 4.42. The zero-order chi connectivity index (χ0) is 19.6. The van der Waals surface area contributed by atoms with E-state index in [0.717, 1.165) is 11.1 Å². The number of carbonyl (C=O) groups is 2. The first-order valence-corrected chi connectivity index (χ1v) is 8.61. The Morgan fingerprint density at radius 3 is 2.37 bits per heavy atom. The van der Waals surface area contributed by atoms with Crippen molar-refractivity contribution in [1.82, 2.24) is 10.2 Å². The number of halogens is 4. The van der Waals surface area contributed by atoms with Crippen LogP contribution < -0.4 is 5.32 Å². The molecular formula is C19H16ClF3N2O2. The van der Waals surface area contributed by atoms with Crippen LogP contribution in [0.5, 0.6) is 0 Å². The molecule has 1 N–H and O–H groups in total. The Morgan fingerprint density at radius 1 is 1.07 bits per heavy atom. The number of fused-ring (bicyclic) bond motifs is 1. The second-order valence-electron chi connectivity index (χ2n) is 6.23. The van der Waals surface area contributed by atoms with Crippen molar-refractivity contribution in [3.63, 3.8) is 0 Å². The number of benzene rings is 2. The van der Waals surface area contributed by atoms with Gasteiger partial charge in [0.15, 0.2) is 0 Å². The second kappa shape index (κ2) is 7.60. The van der Waals surface area contributed by atoms with Gasteiger partial charge in [-0.2, -0.15) is 13.2 Å². The summed E-state index contributed by atoms with van der Waals surface area (Å²) in [7, 11) is 0. The van der Waals surface area contributed by atoms with E-state index in [2.05, 4.69) is 0 Å². The van der Waals surface area contributed by atoms with Gasteiger partial charge < -0.3 is 10.2 Å². The van der Waals surface area contributed by atoms with E-state index in [-0.39, 0.29) is 23.6 Å². The first-order valence-electron chi connectivity index (χ1n) is 8.23. The molecule has 142 valence electrons. The van der Waals surface area contributed by atoms with Crippen LogP contribution in [0.15, 0.2) is 48.5 Å². The van der Waals surface area contributed by atoms with E-state index in [1.807, 2.05) is 11.4 Å². The Bertz CT molecular complexity index is 870. The van der Waals surface area contributed by atoms with Gasteiger partial charge in [0.1, 0.15) is 12.6 Å². The fraction of sp³-hybridized carbons (Fsp3) is 0.263. The van der Waals surface area contributed by atoms with Gasteiger partial charge >= 0.3 is 6.18 Å². The van der Waals surface area contributed by atoms with Gasteiger partial charge in [-0.1, -0.05) is 48.0 Å². The van der Waals surface area contributed by atoms with Gasteiger partial charge in [-0.25, -0.2) is 0 Å². The molecule has 8 heteroatoms. The Labute approximate surface area is 158 Å². The molecule has 1 aliphatic rings. The van der Waals surface area contributed by atoms with E-state index < -0.39 is 30.6 Å². The van der Waals surface area contributed by atoms with Crippen molar-refractivity contribution in [3.8, 4) is 0 Å². The molecule has 0 spiro atoms. The van der Waals surface area contributed by atoms with Crippen molar-refractivity contribution in [1.29, 1.82) is 0 Å². The lowest BCUT2D eigenvalue weighted by molar-refractivity contribution is -0.141. The standard InChI is InChI=1S/C19H16ClF3N2O2/c20-15-8-4-3-7-14(15)18(27)25-10-13-6-2-1-5-12(13)9-16(25)17(26)24-11-19(21,22)23/h1-8,16H,9-11H2,(H,24,26)/t16-/m1/s1. The van der Waals surface area contributed by atoms with E-state index in [9.17, 15) is 22.8 Å². The van der Waals surface area contributed by atoms with Crippen molar-refractivity contribution >= 4 is 23.4 Å². The van der Waals surface area contributed by atoms with Crippen LogP contribution in [-0.4, -0.2) is 35.5 Å². The Morgan fingerprint density at radius 2 is 1.70 bits per heavy atom. The van der Waals surface area contributed by atoms with Gasteiger partial charge in [0, 0.05) is 13.0 Å². The molecule has 2 aromatic carbocycles. The number of carbonyl (C=O) groups excluding carboxylic acids is 2. The Kier molecular flexibility index (Phi) is 5.41. The Balaban J connectivity index is 1.91. The topological polar surface area (TPSA) is 49.4 Å². The molecule has 1 atom stereocenters. The first-order chi connectivity index (χ1) is 12.8. The highest BCUT2D eigenvalue weighted by Crippen LogP contribution is 2.27. The predicted molar refractivity (Wildman–Crippen MR) is 94.3 cm³/mol. The number of hydrogen-bond acceptors (Lipinski definition) is 2. The summed E-state index contributed by atoms with van der Waals surface area (Å²) in [4.78, 5) is 26.7. The highest BCUT2D eigenvalue weighted by Gasteiger charge is 2.37. The van der Waals surface area contributed by atoms with Crippen LogP contribution in [0.1, 0.15) is 21.5 Å². The summed E-state index contributed by atoms with van der Waals surface area (Å²) in [5.41, 5.74) is 1.87. The van der Waals surface area contributed by atoms with Crippen molar-refractivity contribution in [2.75, 3.05) is 6.54 Å². The molecule has 2 amide bonds. The molecule has 0 saturated heterocycles. The highest BCUT2D eigenvalue weighted by molar-refractivity contribution is 6.33. The third-order valence-electron chi connectivity index (χ3n) is 4.38. The lowest BCUT2D eigenvalue weighted by Gasteiger charge is -2.36. The summed E-state index contributed by atoms with van der Waals surface area (Å²) in [6.07, 6.45) is -4.39. The first kappa shape index (κ1) is 19.2. The predicted octanol–water partition coefficient (Wildman–Crippen LogP) is 3.59. The fourth-order valence-corrected chi connectivity index (χ4v) is 3.28. The summed E-state index contributed by atoms with van der Waals surface area (Å²) in [6, 6.07) is 12.5. The minimum Gasteiger partial charge on any atom is -0.345 e. The number of nitrogens with zero attached hydrogens (tertiary/aromatic N) is 1. The van der Waals surface area contributed by atoms with E-state index in [4.69, 9.17) is 11.6 Å². The molecule has 2 aromatic rings. The van der Waals surface area contributed by atoms with Crippen molar-refractivity contribution in [3.05, 3.63) is 70.2 Å². The molecule has 3 rings (SSSR count). The molecule has 1 aliphatic heterocycles. The molecule has 4 nitrogen and oxygen atoms in total. The fourth-order valence-electron chi connectivity index (χ4n) is 3.07. The van der Waals surface area contributed by atoms with Crippen LogP contribution in [0, 0.1) is 0 Å². The van der Waals surface area contributed by atoms with Crippen LogP contribution in [-0.2, 0) is 17.8 Å².